The maximum atomic E-state index is 6.02. The van der Waals surface area contributed by atoms with Crippen LogP contribution in [0.4, 0.5) is 0 Å². The summed E-state index contributed by atoms with van der Waals surface area (Å²) < 4.78 is 5.08. The Morgan fingerprint density at radius 2 is 1.92 bits per heavy atom. The minimum Gasteiger partial charge on any atom is -0.497 e. The molecule has 1 fully saturated rings. The third-order valence-electron chi connectivity index (χ3n) is 2.61. The van der Waals surface area contributed by atoms with Crippen molar-refractivity contribution in [3.05, 3.63) is 29.8 Å². The molecule has 0 radical (unpaired) electrons. The van der Waals surface area contributed by atoms with Crippen molar-refractivity contribution in [2.75, 3.05) is 7.11 Å². The average Bonchev–Trinajstić information content (AvgIpc) is 2.85. The molecule has 0 bridgehead atoms. The molecule has 0 spiro atoms. The van der Waals surface area contributed by atoms with Crippen LogP contribution in [0.25, 0.3) is 0 Å². The van der Waals surface area contributed by atoms with Gasteiger partial charge in [0.2, 0.25) is 0 Å². The lowest BCUT2D eigenvalue weighted by molar-refractivity contribution is 0.414. The van der Waals surface area contributed by atoms with Gasteiger partial charge in [-0.05, 0) is 37.0 Å². The number of hydrogen-bond donors (Lipinski definition) is 1. The predicted octanol–water partition coefficient (Wildman–Crippen LogP) is 1.73. The molecule has 1 saturated carbocycles. The SMILES string of the molecule is COc1ccc(CC2(N)CC2)cc1. The fraction of sp³-hybridized carbons (Fsp3) is 0.455. The molecular weight excluding hydrogens is 162 g/mol. The summed E-state index contributed by atoms with van der Waals surface area (Å²) in [7, 11) is 1.68. The Kier molecular flexibility index (Phi) is 2.00. The molecule has 0 aliphatic heterocycles. The van der Waals surface area contributed by atoms with Crippen LogP contribution in [0.15, 0.2) is 24.3 Å². The Morgan fingerprint density at radius 1 is 1.31 bits per heavy atom. The normalized spacial score (nSPS) is 18.3. The molecule has 0 heterocycles. The fourth-order valence-corrected chi connectivity index (χ4v) is 1.49. The van der Waals surface area contributed by atoms with E-state index >= 15 is 0 Å². The first-order chi connectivity index (χ1) is 6.22. The summed E-state index contributed by atoms with van der Waals surface area (Å²) in [5, 5.41) is 0. The summed E-state index contributed by atoms with van der Waals surface area (Å²) >= 11 is 0. The number of nitrogens with two attached hydrogens (primary N) is 1. The number of methoxy groups -OCH3 is 1. The molecule has 70 valence electrons. The molecule has 0 unspecified atom stereocenters. The first-order valence-corrected chi connectivity index (χ1v) is 4.64. The smallest absolute Gasteiger partial charge is 0.118 e. The Balaban J connectivity index is 2.05. The van der Waals surface area contributed by atoms with Gasteiger partial charge >= 0.3 is 0 Å². The fourth-order valence-electron chi connectivity index (χ4n) is 1.49. The van der Waals surface area contributed by atoms with Gasteiger partial charge < -0.3 is 10.5 Å². The second kappa shape index (κ2) is 3.04. The van der Waals surface area contributed by atoms with Gasteiger partial charge in [-0.15, -0.1) is 0 Å². The molecule has 2 nitrogen and oxygen atoms in total. The van der Waals surface area contributed by atoms with Crippen molar-refractivity contribution in [2.45, 2.75) is 24.8 Å². The molecule has 1 aliphatic carbocycles. The summed E-state index contributed by atoms with van der Waals surface area (Å²) in [6, 6.07) is 8.15. The molecule has 0 aromatic heterocycles. The number of benzene rings is 1. The van der Waals surface area contributed by atoms with Crippen molar-refractivity contribution in [1.82, 2.24) is 0 Å². The topological polar surface area (TPSA) is 35.2 Å². The van der Waals surface area contributed by atoms with E-state index in [2.05, 4.69) is 12.1 Å². The third-order valence-corrected chi connectivity index (χ3v) is 2.61. The molecule has 2 N–H and O–H groups in total. The first-order valence-electron chi connectivity index (χ1n) is 4.64. The summed E-state index contributed by atoms with van der Waals surface area (Å²) in [6.07, 6.45) is 3.33. The van der Waals surface area contributed by atoms with Crippen LogP contribution in [0.3, 0.4) is 0 Å². The van der Waals surface area contributed by atoms with E-state index in [1.807, 2.05) is 12.1 Å². The highest BCUT2D eigenvalue weighted by Gasteiger charge is 2.37. The maximum Gasteiger partial charge on any atom is 0.118 e. The zero-order valence-corrected chi connectivity index (χ0v) is 7.92. The van der Waals surface area contributed by atoms with Gasteiger partial charge in [-0.2, -0.15) is 0 Å². The highest BCUT2D eigenvalue weighted by molar-refractivity contribution is 5.29. The van der Waals surface area contributed by atoms with Gasteiger partial charge in [0.25, 0.3) is 0 Å². The van der Waals surface area contributed by atoms with Gasteiger partial charge in [0.1, 0.15) is 5.75 Å². The lowest BCUT2D eigenvalue weighted by Gasteiger charge is -2.08. The minimum absolute atomic E-state index is 0.106. The average molecular weight is 177 g/mol. The van der Waals surface area contributed by atoms with Gasteiger partial charge in [-0.25, -0.2) is 0 Å². The van der Waals surface area contributed by atoms with E-state index in [-0.39, 0.29) is 5.54 Å². The molecule has 0 atom stereocenters. The van der Waals surface area contributed by atoms with E-state index in [9.17, 15) is 0 Å². The van der Waals surface area contributed by atoms with Gasteiger partial charge in [0, 0.05) is 5.54 Å². The van der Waals surface area contributed by atoms with Gasteiger partial charge in [0.15, 0.2) is 0 Å². The van der Waals surface area contributed by atoms with E-state index < -0.39 is 0 Å². The zero-order chi connectivity index (χ0) is 9.31. The lowest BCUT2D eigenvalue weighted by Crippen LogP contribution is -2.24. The van der Waals surface area contributed by atoms with E-state index in [0.717, 1.165) is 12.2 Å². The molecule has 0 saturated heterocycles. The number of ether oxygens (including phenoxy) is 1. The van der Waals surface area contributed by atoms with Gasteiger partial charge in [0.05, 0.1) is 7.11 Å². The quantitative estimate of drug-likeness (QED) is 0.763. The van der Waals surface area contributed by atoms with E-state index in [1.54, 1.807) is 7.11 Å². The van der Waals surface area contributed by atoms with Crippen LogP contribution in [-0.4, -0.2) is 12.6 Å². The third kappa shape index (κ3) is 2.01. The van der Waals surface area contributed by atoms with Crippen LogP contribution < -0.4 is 10.5 Å². The Hall–Kier alpha value is -1.02. The highest BCUT2D eigenvalue weighted by Crippen LogP contribution is 2.35. The van der Waals surface area contributed by atoms with Crippen molar-refractivity contribution >= 4 is 0 Å². The number of hydrogen-bond acceptors (Lipinski definition) is 2. The monoisotopic (exact) mass is 177 g/mol. The molecule has 2 rings (SSSR count). The molecule has 1 aromatic rings. The Morgan fingerprint density at radius 3 is 2.38 bits per heavy atom. The largest absolute Gasteiger partial charge is 0.497 e. The maximum absolute atomic E-state index is 6.02. The van der Waals surface area contributed by atoms with Crippen molar-refractivity contribution in [1.29, 1.82) is 0 Å². The zero-order valence-electron chi connectivity index (χ0n) is 7.92. The standard InChI is InChI=1S/C11H15NO/c1-13-10-4-2-9(3-5-10)8-11(12)6-7-11/h2-5H,6-8,12H2,1H3. The van der Waals surface area contributed by atoms with Crippen molar-refractivity contribution in [3.63, 3.8) is 0 Å². The summed E-state index contributed by atoms with van der Waals surface area (Å²) in [4.78, 5) is 0. The van der Waals surface area contributed by atoms with Crippen LogP contribution in [0.2, 0.25) is 0 Å². The molecule has 0 amide bonds. The van der Waals surface area contributed by atoms with Crippen LogP contribution in [0.1, 0.15) is 18.4 Å². The van der Waals surface area contributed by atoms with Crippen molar-refractivity contribution in [3.8, 4) is 5.75 Å². The van der Waals surface area contributed by atoms with E-state index in [0.29, 0.717) is 0 Å². The lowest BCUT2D eigenvalue weighted by atomic mass is 10.1. The Labute approximate surface area is 78.7 Å². The molecule has 2 heteroatoms. The van der Waals surface area contributed by atoms with E-state index in [1.165, 1.54) is 18.4 Å². The summed E-state index contributed by atoms with van der Waals surface area (Å²) in [6.45, 7) is 0. The minimum atomic E-state index is 0.106. The van der Waals surface area contributed by atoms with Gasteiger partial charge in [-0.3, -0.25) is 0 Å². The molecule has 13 heavy (non-hydrogen) atoms. The van der Waals surface area contributed by atoms with Crippen molar-refractivity contribution in [2.24, 2.45) is 5.73 Å². The highest BCUT2D eigenvalue weighted by atomic mass is 16.5. The van der Waals surface area contributed by atoms with Crippen LogP contribution >= 0.6 is 0 Å². The predicted molar refractivity (Wildman–Crippen MR) is 52.9 cm³/mol. The van der Waals surface area contributed by atoms with Crippen molar-refractivity contribution < 1.29 is 4.74 Å². The van der Waals surface area contributed by atoms with Gasteiger partial charge in [-0.1, -0.05) is 12.1 Å². The second-order valence-corrected chi connectivity index (χ2v) is 3.89. The summed E-state index contributed by atoms with van der Waals surface area (Å²) in [5.74, 6) is 0.908. The first kappa shape index (κ1) is 8.57. The van der Waals surface area contributed by atoms with E-state index in [4.69, 9.17) is 10.5 Å². The molecular formula is C11H15NO. The Bertz CT molecular complexity index is 287. The number of rotatable bonds is 3. The van der Waals surface area contributed by atoms with Crippen LogP contribution in [0.5, 0.6) is 5.75 Å². The second-order valence-electron chi connectivity index (χ2n) is 3.89. The molecule has 1 aromatic carbocycles. The van der Waals surface area contributed by atoms with Crippen LogP contribution in [-0.2, 0) is 6.42 Å². The molecule has 1 aliphatic rings. The summed E-state index contributed by atoms with van der Waals surface area (Å²) in [5.41, 5.74) is 7.43. The van der Waals surface area contributed by atoms with Crippen LogP contribution in [0, 0.1) is 0 Å².